The number of ether oxygens (including phenoxy) is 2. The Labute approximate surface area is 139 Å². The van der Waals surface area contributed by atoms with E-state index >= 15 is 0 Å². The van der Waals surface area contributed by atoms with Gasteiger partial charge in [0.25, 0.3) is 5.91 Å². The molecule has 2 rings (SSSR count). The van der Waals surface area contributed by atoms with Crippen molar-refractivity contribution in [1.29, 1.82) is 0 Å². The van der Waals surface area contributed by atoms with Gasteiger partial charge in [-0.1, -0.05) is 48.8 Å². The molecule has 1 amide bonds. The molecule has 1 aromatic rings. The Morgan fingerprint density at radius 3 is 2.73 bits per heavy atom. The lowest BCUT2D eigenvalue weighted by Gasteiger charge is -2.12. The number of nitrogens with zero attached hydrogens (tertiary/aromatic N) is 1. The molecule has 1 aliphatic heterocycles. The third kappa shape index (κ3) is 4.19. The molecule has 1 heterocycles. The van der Waals surface area contributed by atoms with E-state index in [0.717, 1.165) is 11.3 Å². The van der Waals surface area contributed by atoms with Gasteiger partial charge in [0.1, 0.15) is 16.7 Å². The summed E-state index contributed by atoms with van der Waals surface area (Å²) in [6.07, 6.45) is 3.53. The smallest absolute Gasteiger partial charge is 0.266 e. The molecule has 0 radical (unpaired) electrons. The highest BCUT2D eigenvalue weighted by molar-refractivity contribution is 8.26. The van der Waals surface area contributed by atoms with Crippen LogP contribution < -0.4 is 4.74 Å². The minimum absolute atomic E-state index is 0.0703. The SMILES string of the molecule is C=CCOc1ccc(C=C2SC(=S)N(CCOC)C2=O)cc1. The van der Waals surface area contributed by atoms with Crippen LogP contribution in [0.15, 0.2) is 41.8 Å². The Morgan fingerprint density at radius 2 is 2.09 bits per heavy atom. The summed E-state index contributed by atoms with van der Waals surface area (Å²) in [5.41, 5.74) is 0.929. The van der Waals surface area contributed by atoms with Crippen LogP contribution in [0.5, 0.6) is 5.75 Å². The van der Waals surface area contributed by atoms with E-state index in [1.807, 2.05) is 30.3 Å². The van der Waals surface area contributed by atoms with Crippen LogP contribution in [0, 0.1) is 0 Å². The van der Waals surface area contributed by atoms with Gasteiger partial charge in [0.2, 0.25) is 0 Å². The van der Waals surface area contributed by atoms with Gasteiger partial charge >= 0.3 is 0 Å². The number of rotatable bonds is 7. The number of carbonyl (C=O) groups excluding carboxylic acids is 1. The van der Waals surface area contributed by atoms with Gasteiger partial charge < -0.3 is 9.47 Å². The Balaban J connectivity index is 2.07. The predicted molar refractivity (Wildman–Crippen MR) is 93.9 cm³/mol. The maximum absolute atomic E-state index is 12.3. The number of amides is 1. The van der Waals surface area contributed by atoms with Gasteiger partial charge in [-0.05, 0) is 23.8 Å². The molecule has 0 saturated carbocycles. The summed E-state index contributed by atoms with van der Waals surface area (Å²) < 4.78 is 11.0. The topological polar surface area (TPSA) is 38.8 Å². The van der Waals surface area contributed by atoms with Gasteiger partial charge in [-0.25, -0.2) is 0 Å². The first kappa shape index (κ1) is 16.7. The largest absolute Gasteiger partial charge is 0.490 e. The molecule has 0 spiro atoms. The first-order chi connectivity index (χ1) is 10.7. The first-order valence-corrected chi connectivity index (χ1v) is 7.96. The molecule has 0 bridgehead atoms. The molecule has 0 aromatic heterocycles. The van der Waals surface area contributed by atoms with E-state index in [9.17, 15) is 4.79 Å². The van der Waals surface area contributed by atoms with Crippen molar-refractivity contribution in [3.63, 3.8) is 0 Å². The maximum atomic E-state index is 12.3. The number of carbonyl (C=O) groups is 1. The normalized spacial score (nSPS) is 16.4. The molecule has 1 fully saturated rings. The lowest BCUT2D eigenvalue weighted by Crippen LogP contribution is -2.31. The standard InChI is InChI=1S/C16H17NO3S2/c1-3-9-20-13-6-4-12(5-7-13)11-14-15(18)17(8-10-19-2)16(21)22-14/h3-7,11H,1,8-10H2,2H3. The van der Waals surface area contributed by atoms with E-state index in [0.29, 0.717) is 29.0 Å². The molecule has 116 valence electrons. The molecule has 0 N–H and O–H groups in total. The highest BCUT2D eigenvalue weighted by Crippen LogP contribution is 2.32. The maximum Gasteiger partial charge on any atom is 0.266 e. The molecular formula is C16H17NO3S2. The van der Waals surface area contributed by atoms with E-state index < -0.39 is 0 Å². The van der Waals surface area contributed by atoms with Crippen molar-refractivity contribution < 1.29 is 14.3 Å². The summed E-state index contributed by atoms with van der Waals surface area (Å²) in [6.45, 7) is 5.02. The second-order valence-electron chi connectivity index (χ2n) is 4.49. The molecule has 6 heteroatoms. The number of hydrogen-bond acceptors (Lipinski definition) is 5. The first-order valence-electron chi connectivity index (χ1n) is 6.73. The number of thioether (sulfide) groups is 1. The van der Waals surface area contributed by atoms with Crippen LogP contribution in [0.1, 0.15) is 5.56 Å². The number of thiocarbonyl (C=S) groups is 1. The van der Waals surface area contributed by atoms with Crippen molar-refractivity contribution in [2.75, 3.05) is 26.9 Å². The van der Waals surface area contributed by atoms with E-state index in [1.54, 1.807) is 18.1 Å². The zero-order valence-corrected chi connectivity index (χ0v) is 13.9. The zero-order valence-electron chi connectivity index (χ0n) is 12.3. The monoisotopic (exact) mass is 335 g/mol. The van der Waals surface area contributed by atoms with Gasteiger partial charge in [-0.3, -0.25) is 9.69 Å². The fourth-order valence-electron chi connectivity index (χ4n) is 1.84. The summed E-state index contributed by atoms with van der Waals surface area (Å²) in [5.74, 6) is 0.698. The van der Waals surface area contributed by atoms with Crippen molar-refractivity contribution in [1.82, 2.24) is 4.90 Å². The number of hydrogen-bond donors (Lipinski definition) is 0. The lowest BCUT2D eigenvalue weighted by molar-refractivity contribution is -0.122. The molecule has 0 aliphatic carbocycles. The van der Waals surface area contributed by atoms with E-state index in [-0.39, 0.29) is 5.91 Å². The van der Waals surface area contributed by atoms with Crippen molar-refractivity contribution in [2.45, 2.75) is 0 Å². The number of benzene rings is 1. The van der Waals surface area contributed by atoms with Gasteiger partial charge in [-0.2, -0.15) is 0 Å². The van der Waals surface area contributed by atoms with E-state index in [1.165, 1.54) is 11.8 Å². The second-order valence-corrected chi connectivity index (χ2v) is 6.17. The van der Waals surface area contributed by atoms with Gasteiger partial charge in [0.05, 0.1) is 18.1 Å². The Bertz CT molecular complexity index is 596. The molecule has 1 aromatic carbocycles. The Kier molecular flexibility index (Phi) is 6.18. The van der Waals surface area contributed by atoms with Crippen LogP contribution in [0.3, 0.4) is 0 Å². The summed E-state index contributed by atoms with van der Waals surface area (Å²) in [5, 5.41) is 0. The molecule has 4 nitrogen and oxygen atoms in total. The minimum atomic E-state index is -0.0703. The van der Waals surface area contributed by atoms with Crippen LogP contribution >= 0.6 is 24.0 Å². The Morgan fingerprint density at radius 1 is 1.36 bits per heavy atom. The summed E-state index contributed by atoms with van der Waals surface area (Å²) in [7, 11) is 1.60. The van der Waals surface area contributed by atoms with Crippen molar-refractivity contribution >= 4 is 40.3 Å². The van der Waals surface area contributed by atoms with E-state index in [4.69, 9.17) is 21.7 Å². The van der Waals surface area contributed by atoms with Crippen molar-refractivity contribution in [3.05, 3.63) is 47.4 Å². The van der Waals surface area contributed by atoms with Gasteiger partial charge in [-0.15, -0.1) is 0 Å². The van der Waals surface area contributed by atoms with Crippen LogP contribution in [-0.2, 0) is 9.53 Å². The van der Waals surface area contributed by atoms with Gasteiger partial charge in [0.15, 0.2) is 0 Å². The van der Waals surface area contributed by atoms with Crippen molar-refractivity contribution in [2.24, 2.45) is 0 Å². The van der Waals surface area contributed by atoms with Crippen LogP contribution in [0.2, 0.25) is 0 Å². The lowest BCUT2D eigenvalue weighted by atomic mass is 10.2. The van der Waals surface area contributed by atoms with Crippen LogP contribution in [-0.4, -0.2) is 42.0 Å². The van der Waals surface area contributed by atoms with E-state index in [2.05, 4.69) is 6.58 Å². The average molecular weight is 335 g/mol. The number of methoxy groups -OCH3 is 1. The highest BCUT2D eigenvalue weighted by atomic mass is 32.2. The second kappa shape index (κ2) is 8.12. The van der Waals surface area contributed by atoms with Gasteiger partial charge in [0, 0.05) is 7.11 Å². The van der Waals surface area contributed by atoms with Crippen LogP contribution in [0.4, 0.5) is 0 Å². The fourth-order valence-corrected chi connectivity index (χ4v) is 3.15. The third-order valence-electron chi connectivity index (χ3n) is 2.94. The zero-order chi connectivity index (χ0) is 15.9. The molecule has 0 unspecified atom stereocenters. The third-order valence-corrected chi connectivity index (χ3v) is 4.32. The molecular weight excluding hydrogens is 318 g/mol. The molecule has 1 aliphatic rings. The summed E-state index contributed by atoms with van der Waals surface area (Å²) in [4.78, 5) is 14.5. The van der Waals surface area contributed by atoms with Crippen molar-refractivity contribution in [3.8, 4) is 5.75 Å². The average Bonchev–Trinajstić information content (AvgIpc) is 2.79. The quantitative estimate of drug-likeness (QED) is 0.435. The fraction of sp³-hybridized carbons (Fsp3) is 0.250. The molecule has 0 atom stereocenters. The predicted octanol–water partition coefficient (Wildman–Crippen LogP) is 3.10. The molecule has 22 heavy (non-hydrogen) atoms. The highest BCUT2D eigenvalue weighted by Gasteiger charge is 2.31. The van der Waals surface area contributed by atoms with Crippen LogP contribution in [0.25, 0.3) is 6.08 Å². The summed E-state index contributed by atoms with van der Waals surface area (Å²) in [6, 6.07) is 7.53. The summed E-state index contributed by atoms with van der Waals surface area (Å²) >= 11 is 6.55. The minimum Gasteiger partial charge on any atom is -0.490 e. The Hall–Kier alpha value is -1.63. The molecule has 1 saturated heterocycles.